The fraction of sp³-hybridized carbons (Fsp3) is 0.357. The van der Waals surface area contributed by atoms with E-state index < -0.39 is 0 Å². The van der Waals surface area contributed by atoms with Gasteiger partial charge < -0.3 is 10.3 Å². The van der Waals surface area contributed by atoms with E-state index >= 15 is 0 Å². The van der Waals surface area contributed by atoms with E-state index in [9.17, 15) is 0 Å². The maximum atomic E-state index is 6.23. The summed E-state index contributed by atoms with van der Waals surface area (Å²) in [5.41, 5.74) is 7.61. The molecule has 2 N–H and O–H groups in total. The van der Waals surface area contributed by atoms with Gasteiger partial charge in [-0.3, -0.25) is 0 Å². The van der Waals surface area contributed by atoms with Crippen molar-refractivity contribution >= 4 is 29.0 Å². The van der Waals surface area contributed by atoms with Gasteiger partial charge in [0.25, 0.3) is 0 Å². The van der Waals surface area contributed by atoms with E-state index in [0.717, 1.165) is 12.2 Å². The number of nitrogens with two attached hydrogens (primary N) is 1. The van der Waals surface area contributed by atoms with Crippen LogP contribution in [-0.2, 0) is 6.42 Å². The third-order valence-corrected chi connectivity index (χ3v) is 3.68. The fourth-order valence-electron chi connectivity index (χ4n) is 2.23. The summed E-state index contributed by atoms with van der Waals surface area (Å²) >= 11 is 12.5. The van der Waals surface area contributed by atoms with Crippen molar-refractivity contribution < 1.29 is 0 Å². The molecule has 0 spiro atoms. The molecule has 1 heterocycles. The van der Waals surface area contributed by atoms with Crippen molar-refractivity contribution in [3.8, 4) is 11.3 Å². The van der Waals surface area contributed by atoms with Gasteiger partial charge >= 0.3 is 0 Å². The lowest BCUT2D eigenvalue weighted by Crippen LogP contribution is -2.08. The Balaban J connectivity index is 2.70. The van der Waals surface area contributed by atoms with E-state index in [4.69, 9.17) is 28.9 Å². The van der Waals surface area contributed by atoms with Gasteiger partial charge in [0, 0.05) is 18.0 Å². The molecule has 19 heavy (non-hydrogen) atoms. The van der Waals surface area contributed by atoms with Crippen molar-refractivity contribution in [2.24, 2.45) is 0 Å². The smallest absolute Gasteiger partial charge is 0.132 e. The lowest BCUT2D eigenvalue weighted by Gasteiger charge is -2.13. The Labute approximate surface area is 123 Å². The van der Waals surface area contributed by atoms with Crippen molar-refractivity contribution in [2.45, 2.75) is 33.2 Å². The highest BCUT2D eigenvalue weighted by Crippen LogP contribution is 2.38. The predicted octanol–water partition coefficient (Wildman–Crippen LogP) is 4.58. The minimum absolute atomic E-state index is 0.248. The normalized spacial score (nSPS) is 11.3. The van der Waals surface area contributed by atoms with Crippen molar-refractivity contribution in [1.82, 2.24) is 9.55 Å². The highest BCUT2D eigenvalue weighted by Gasteiger charge is 2.20. The minimum atomic E-state index is 0.248. The molecule has 0 bridgehead atoms. The molecule has 2 aromatic rings. The quantitative estimate of drug-likeness (QED) is 0.901. The maximum Gasteiger partial charge on any atom is 0.132 e. The van der Waals surface area contributed by atoms with Crippen LogP contribution in [0.2, 0.25) is 10.0 Å². The van der Waals surface area contributed by atoms with E-state index in [0.29, 0.717) is 27.1 Å². The van der Waals surface area contributed by atoms with Crippen molar-refractivity contribution in [1.29, 1.82) is 0 Å². The van der Waals surface area contributed by atoms with Crippen LogP contribution >= 0.6 is 23.2 Å². The lowest BCUT2D eigenvalue weighted by molar-refractivity contribution is 0.579. The van der Waals surface area contributed by atoms with Gasteiger partial charge in [0.1, 0.15) is 17.3 Å². The van der Waals surface area contributed by atoms with Crippen LogP contribution in [0.3, 0.4) is 0 Å². The van der Waals surface area contributed by atoms with E-state index in [-0.39, 0.29) is 6.04 Å². The van der Waals surface area contributed by atoms with E-state index in [1.807, 2.05) is 10.6 Å². The first-order valence-electron chi connectivity index (χ1n) is 6.28. The van der Waals surface area contributed by atoms with Crippen LogP contribution < -0.4 is 5.73 Å². The van der Waals surface area contributed by atoms with Crippen molar-refractivity contribution in [2.75, 3.05) is 5.73 Å². The Hall–Kier alpha value is -1.19. The molecule has 0 aliphatic carbocycles. The maximum absolute atomic E-state index is 6.23. The summed E-state index contributed by atoms with van der Waals surface area (Å²) in [7, 11) is 0. The molecule has 0 aliphatic rings. The Morgan fingerprint density at radius 1 is 1.26 bits per heavy atom. The van der Waals surface area contributed by atoms with Crippen LogP contribution in [0.1, 0.15) is 32.6 Å². The molecule has 0 amide bonds. The van der Waals surface area contributed by atoms with Gasteiger partial charge in [0.2, 0.25) is 0 Å². The van der Waals surface area contributed by atoms with Gasteiger partial charge in [-0.25, -0.2) is 4.98 Å². The molecule has 0 atom stereocenters. The molecule has 0 aliphatic heterocycles. The zero-order valence-electron chi connectivity index (χ0n) is 11.2. The molecule has 0 saturated carbocycles. The third kappa shape index (κ3) is 2.45. The summed E-state index contributed by atoms with van der Waals surface area (Å²) in [5.74, 6) is 1.56. The molecular weight excluding hydrogens is 281 g/mol. The predicted molar refractivity (Wildman–Crippen MR) is 81.9 cm³/mol. The molecule has 2 rings (SSSR count). The Morgan fingerprint density at radius 3 is 2.26 bits per heavy atom. The van der Waals surface area contributed by atoms with E-state index in [2.05, 4.69) is 25.8 Å². The van der Waals surface area contributed by atoms with Gasteiger partial charge in [-0.15, -0.1) is 0 Å². The van der Waals surface area contributed by atoms with Crippen molar-refractivity contribution in [3.63, 3.8) is 0 Å². The van der Waals surface area contributed by atoms with Gasteiger partial charge in [0.05, 0.1) is 10.0 Å². The van der Waals surface area contributed by atoms with Crippen LogP contribution in [0.5, 0.6) is 0 Å². The molecular formula is C14H17Cl2N3. The molecule has 5 heteroatoms. The molecule has 1 aromatic carbocycles. The first-order chi connectivity index (χ1) is 8.97. The van der Waals surface area contributed by atoms with Crippen LogP contribution in [0, 0.1) is 0 Å². The summed E-state index contributed by atoms with van der Waals surface area (Å²) in [4.78, 5) is 4.61. The Bertz CT molecular complexity index is 583. The number of hydrogen-bond acceptors (Lipinski definition) is 2. The second kappa shape index (κ2) is 5.43. The van der Waals surface area contributed by atoms with Crippen LogP contribution in [0.15, 0.2) is 18.2 Å². The molecule has 0 saturated heterocycles. The van der Waals surface area contributed by atoms with Crippen LogP contribution in [0.25, 0.3) is 11.3 Å². The number of anilines is 1. The number of rotatable bonds is 3. The Kier molecular flexibility index (Phi) is 4.07. The highest BCUT2D eigenvalue weighted by atomic mass is 35.5. The second-order valence-corrected chi connectivity index (χ2v) is 5.49. The average Bonchev–Trinajstić information content (AvgIpc) is 2.66. The summed E-state index contributed by atoms with van der Waals surface area (Å²) in [6, 6.07) is 5.65. The number of nitrogen functional groups attached to an aromatic ring is 1. The largest absolute Gasteiger partial charge is 0.383 e. The number of nitrogens with zero attached hydrogens (tertiary/aromatic N) is 2. The molecule has 0 radical (unpaired) electrons. The SMILES string of the molecule is CCc1nc(-c2c(Cl)cccc2Cl)c(N)n1C(C)C. The summed E-state index contributed by atoms with van der Waals surface area (Å²) in [6.45, 7) is 6.21. The molecule has 3 nitrogen and oxygen atoms in total. The molecule has 102 valence electrons. The topological polar surface area (TPSA) is 43.8 Å². The first-order valence-corrected chi connectivity index (χ1v) is 7.03. The van der Waals surface area contributed by atoms with E-state index in [1.54, 1.807) is 12.1 Å². The molecule has 1 aromatic heterocycles. The molecule has 0 fully saturated rings. The Morgan fingerprint density at radius 2 is 1.84 bits per heavy atom. The van der Waals surface area contributed by atoms with Gasteiger partial charge in [-0.2, -0.15) is 0 Å². The number of aromatic nitrogens is 2. The first kappa shape index (κ1) is 14.2. The third-order valence-electron chi connectivity index (χ3n) is 3.05. The lowest BCUT2D eigenvalue weighted by atomic mass is 10.1. The minimum Gasteiger partial charge on any atom is -0.383 e. The van der Waals surface area contributed by atoms with Gasteiger partial charge in [-0.05, 0) is 26.0 Å². The zero-order valence-corrected chi connectivity index (χ0v) is 12.8. The monoisotopic (exact) mass is 297 g/mol. The number of halogens is 2. The molecule has 0 unspecified atom stereocenters. The number of imidazole rings is 1. The standard InChI is InChI=1S/C14H17Cl2N3/c1-4-11-18-13(14(17)19(11)8(2)3)12-9(15)6-5-7-10(12)16/h5-8H,4,17H2,1-3H3. The summed E-state index contributed by atoms with van der Waals surface area (Å²) in [5, 5.41) is 1.13. The fourth-order valence-corrected chi connectivity index (χ4v) is 2.80. The second-order valence-electron chi connectivity index (χ2n) is 4.68. The highest BCUT2D eigenvalue weighted by molar-refractivity contribution is 6.39. The summed E-state index contributed by atoms with van der Waals surface area (Å²) in [6.07, 6.45) is 0.810. The number of hydrogen-bond donors (Lipinski definition) is 1. The van der Waals surface area contributed by atoms with Crippen LogP contribution in [-0.4, -0.2) is 9.55 Å². The van der Waals surface area contributed by atoms with Crippen molar-refractivity contribution in [3.05, 3.63) is 34.1 Å². The van der Waals surface area contributed by atoms with Crippen LogP contribution in [0.4, 0.5) is 5.82 Å². The number of benzene rings is 1. The van der Waals surface area contributed by atoms with Gasteiger partial charge in [-0.1, -0.05) is 36.2 Å². The van der Waals surface area contributed by atoms with Gasteiger partial charge in [0.15, 0.2) is 0 Å². The summed E-state index contributed by atoms with van der Waals surface area (Å²) < 4.78 is 2.02. The zero-order chi connectivity index (χ0) is 14.2. The number of aryl methyl sites for hydroxylation is 1. The average molecular weight is 298 g/mol. The van der Waals surface area contributed by atoms with E-state index in [1.165, 1.54) is 0 Å².